The summed E-state index contributed by atoms with van der Waals surface area (Å²) in [6.45, 7) is 7.32. The number of rotatable bonds is 3. The van der Waals surface area contributed by atoms with E-state index in [1.807, 2.05) is 13.0 Å². The molecule has 1 rings (SSSR count). The molecule has 0 aliphatic rings. The summed E-state index contributed by atoms with van der Waals surface area (Å²) < 4.78 is 0. The average Bonchev–Trinajstić information content (AvgIpc) is 2.31. The zero-order valence-corrected chi connectivity index (χ0v) is 7.31. The van der Waals surface area contributed by atoms with Gasteiger partial charge in [0.15, 0.2) is 0 Å². The molecule has 0 radical (unpaired) electrons. The fourth-order valence-corrected chi connectivity index (χ4v) is 0.817. The van der Waals surface area contributed by atoms with E-state index >= 15 is 0 Å². The first kappa shape index (κ1) is 8.11. The molecule has 0 amide bonds. The normalized spacial score (nSPS) is 10.5. The van der Waals surface area contributed by atoms with Crippen LogP contribution in [0.2, 0.25) is 0 Å². The third kappa shape index (κ3) is 2.62. The second-order valence-corrected chi connectivity index (χ2v) is 3.21. The average molecular weight is 153 g/mol. The van der Waals surface area contributed by atoms with Crippen molar-refractivity contribution in [2.75, 3.05) is 11.9 Å². The number of anilines is 1. The number of nitrogens with one attached hydrogen (secondary N) is 2. The van der Waals surface area contributed by atoms with Crippen molar-refractivity contribution < 1.29 is 0 Å². The predicted molar refractivity (Wildman–Crippen MR) is 46.7 cm³/mol. The molecule has 0 unspecified atom stereocenters. The van der Waals surface area contributed by atoms with Crippen LogP contribution in [0.15, 0.2) is 6.07 Å². The number of hydrogen-bond donors (Lipinski definition) is 2. The van der Waals surface area contributed by atoms with E-state index in [9.17, 15) is 0 Å². The van der Waals surface area contributed by atoms with Crippen LogP contribution >= 0.6 is 0 Å². The van der Waals surface area contributed by atoms with Crippen LogP contribution in [0.25, 0.3) is 0 Å². The Morgan fingerprint density at radius 2 is 2.36 bits per heavy atom. The second-order valence-electron chi connectivity index (χ2n) is 3.21. The van der Waals surface area contributed by atoms with E-state index in [0.29, 0.717) is 5.92 Å². The smallest absolute Gasteiger partial charge is 0.148 e. The van der Waals surface area contributed by atoms with E-state index < -0.39 is 0 Å². The standard InChI is InChI=1S/C8H15N3/c1-6(2)5-9-8-4-7(3)10-11-8/h4,6H,5H2,1-3H3,(H2,9,10,11). The first-order chi connectivity index (χ1) is 5.18. The fourth-order valence-electron chi connectivity index (χ4n) is 0.817. The highest BCUT2D eigenvalue weighted by atomic mass is 15.2. The maximum Gasteiger partial charge on any atom is 0.148 e. The molecule has 0 saturated heterocycles. The molecule has 0 atom stereocenters. The van der Waals surface area contributed by atoms with Crippen LogP contribution in [0, 0.1) is 12.8 Å². The van der Waals surface area contributed by atoms with Gasteiger partial charge in [-0.3, -0.25) is 5.10 Å². The highest BCUT2D eigenvalue weighted by molar-refractivity contribution is 5.34. The van der Waals surface area contributed by atoms with Crippen molar-refractivity contribution >= 4 is 5.82 Å². The Kier molecular flexibility index (Phi) is 2.52. The van der Waals surface area contributed by atoms with Gasteiger partial charge in [-0.25, -0.2) is 0 Å². The van der Waals surface area contributed by atoms with Gasteiger partial charge in [-0.05, 0) is 12.8 Å². The third-order valence-electron chi connectivity index (χ3n) is 1.40. The van der Waals surface area contributed by atoms with Crippen LogP contribution in [0.4, 0.5) is 5.82 Å². The lowest BCUT2D eigenvalue weighted by molar-refractivity contribution is 0.686. The van der Waals surface area contributed by atoms with Crippen molar-refractivity contribution in [2.24, 2.45) is 5.92 Å². The van der Waals surface area contributed by atoms with Crippen molar-refractivity contribution in [1.29, 1.82) is 0 Å². The summed E-state index contributed by atoms with van der Waals surface area (Å²) in [7, 11) is 0. The molecule has 2 N–H and O–H groups in total. The van der Waals surface area contributed by atoms with Gasteiger partial charge in [-0.15, -0.1) is 0 Å². The van der Waals surface area contributed by atoms with Crippen LogP contribution < -0.4 is 5.32 Å². The van der Waals surface area contributed by atoms with E-state index in [-0.39, 0.29) is 0 Å². The SMILES string of the molecule is Cc1cc(NCC(C)C)n[nH]1. The number of nitrogens with zero attached hydrogens (tertiary/aromatic N) is 1. The summed E-state index contributed by atoms with van der Waals surface area (Å²) in [5.41, 5.74) is 1.09. The van der Waals surface area contributed by atoms with Crippen LogP contribution in [0.5, 0.6) is 0 Å². The summed E-state index contributed by atoms with van der Waals surface area (Å²) in [6, 6.07) is 2.00. The largest absolute Gasteiger partial charge is 0.368 e. The van der Waals surface area contributed by atoms with Gasteiger partial charge in [0, 0.05) is 18.3 Å². The van der Waals surface area contributed by atoms with Crippen LogP contribution in [0.1, 0.15) is 19.5 Å². The third-order valence-corrected chi connectivity index (χ3v) is 1.40. The monoisotopic (exact) mass is 153 g/mol. The Hall–Kier alpha value is -0.990. The summed E-state index contributed by atoms with van der Waals surface area (Å²) in [5.74, 6) is 1.60. The number of aryl methyl sites for hydroxylation is 1. The fraction of sp³-hybridized carbons (Fsp3) is 0.625. The molecular formula is C8H15N3. The quantitative estimate of drug-likeness (QED) is 0.695. The lowest BCUT2D eigenvalue weighted by Crippen LogP contribution is -2.07. The number of aromatic nitrogens is 2. The summed E-state index contributed by atoms with van der Waals surface area (Å²) >= 11 is 0. The highest BCUT2D eigenvalue weighted by Crippen LogP contribution is 2.04. The molecule has 1 heterocycles. The minimum atomic E-state index is 0.659. The van der Waals surface area contributed by atoms with Crippen molar-refractivity contribution in [1.82, 2.24) is 10.2 Å². The Morgan fingerprint density at radius 3 is 2.82 bits per heavy atom. The number of hydrogen-bond acceptors (Lipinski definition) is 2. The van der Waals surface area contributed by atoms with E-state index in [0.717, 1.165) is 18.1 Å². The number of aromatic amines is 1. The molecule has 3 heteroatoms. The van der Waals surface area contributed by atoms with Crippen LogP contribution in [0.3, 0.4) is 0 Å². The first-order valence-corrected chi connectivity index (χ1v) is 3.94. The van der Waals surface area contributed by atoms with Crippen LogP contribution in [-0.2, 0) is 0 Å². The molecule has 0 spiro atoms. The van der Waals surface area contributed by atoms with Crippen LogP contribution in [-0.4, -0.2) is 16.7 Å². The van der Waals surface area contributed by atoms with Gasteiger partial charge < -0.3 is 5.32 Å². The minimum absolute atomic E-state index is 0.659. The van der Waals surface area contributed by atoms with Gasteiger partial charge in [0.25, 0.3) is 0 Å². The topological polar surface area (TPSA) is 40.7 Å². The minimum Gasteiger partial charge on any atom is -0.368 e. The van der Waals surface area contributed by atoms with Gasteiger partial charge in [-0.1, -0.05) is 13.8 Å². The molecule has 0 aliphatic carbocycles. The Bertz CT molecular complexity index is 215. The molecule has 0 bridgehead atoms. The lowest BCUT2D eigenvalue weighted by atomic mass is 10.2. The zero-order valence-electron chi connectivity index (χ0n) is 7.31. The van der Waals surface area contributed by atoms with E-state index in [1.165, 1.54) is 0 Å². The first-order valence-electron chi connectivity index (χ1n) is 3.94. The maximum absolute atomic E-state index is 4.05. The summed E-state index contributed by atoms with van der Waals surface area (Å²) in [5, 5.41) is 10.2. The molecule has 0 aromatic carbocycles. The Balaban J connectivity index is 2.39. The van der Waals surface area contributed by atoms with E-state index in [4.69, 9.17) is 0 Å². The maximum atomic E-state index is 4.05. The molecule has 0 aliphatic heterocycles. The summed E-state index contributed by atoms with van der Waals surface area (Å²) in [6.07, 6.45) is 0. The van der Waals surface area contributed by atoms with Gasteiger partial charge in [-0.2, -0.15) is 5.10 Å². The van der Waals surface area contributed by atoms with Gasteiger partial charge >= 0.3 is 0 Å². The molecule has 62 valence electrons. The highest BCUT2D eigenvalue weighted by Gasteiger charge is 1.96. The zero-order chi connectivity index (χ0) is 8.27. The van der Waals surface area contributed by atoms with Crippen molar-refractivity contribution in [3.8, 4) is 0 Å². The van der Waals surface area contributed by atoms with Gasteiger partial charge in [0.05, 0.1) is 0 Å². The molecule has 1 aromatic rings. The van der Waals surface area contributed by atoms with Crippen molar-refractivity contribution in [3.63, 3.8) is 0 Å². The predicted octanol–water partition coefficient (Wildman–Crippen LogP) is 1.79. The lowest BCUT2D eigenvalue weighted by Gasteiger charge is -2.04. The molecule has 0 fully saturated rings. The molecule has 1 aromatic heterocycles. The Labute approximate surface area is 67.2 Å². The second kappa shape index (κ2) is 3.42. The molecule has 3 nitrogen and oxygen atoms in total. The van der Waals surface area contributed by atoms with Crippen molar-refractivity contribution in [2.45, 2.75) is 20.8 Å². The van der Waals surface area contributed by atoms with E-state index in [1.54, 1.807) is 0 Å². The Morgan fingerprint density at radius 1 is 1.64 bits per heavy atom. The molecule has 11 heavy (non-hydrogen) atoms. The number of H-pyrrole nitrogens is 1. The molecular weight excluding hydrogens is 138 g/mol. The van der Waals surface area contributed by atoms with Crippen molar-refractivity contribution in [3.05, 3.63) is 11.8 Å². The van der Waals surface area contributed by atoms with Gasteiger partial charge in [0.1, 0.15) is 5.82 Å². The summed E-state index contributed by atoms with van der Waals surface area (Å²) in [4.78, 5) is 0. The van der Waals surface area contributed by atoms with E-state index in [2.05, 4.69) is 29.4 Å². The molecule has 0 saturated carbocycles. The van der Waals surface area contributed by atoms with Gasteiger partial charge in [0.2, 0.25) is 0 Å².